The van der Waals surface area contributed by atoms with Gasteiger partial charge in [0.05, 0.1) is 17.9 Å². The van der Waals surface area contributed by atoms with Crippen molar-refractivity contribution in [2.24, 2.45) is 11.3 Å². The molecule has 0 spiro atoms. The molecule has 2 unspecified atom stereocenters. The van der Waals surface area contributed by atoms with E-state index in [9.17, 15) is 22.8 Å². The van der Waals surface area contributed by atoms with Crippen molar-refractivity contribution in [2.45, 2.75) is 124 Å². The van der Waals surface area contributed by atoms with E-state index in [2.05, 4.69) is 11.7 Å². The van der Waals surface area contributed by atoms with Crippen LogP contribution in [-0.2, 0) is 19.1 Å². The maximum Gasteiger partial charge on any atom is 0.343 e. The zero-order valence-electron chi connectivity index (χ0n) is 21.7. The second-order valence-electron chi connectivity index (χ2n) is 9.58. The van der Waals surface area contributed by atoms with E-state index in [4.69, 9.17) is 4.74 Å². The fourth-order valence-corrected chi connectivity index (χ4v) is 3.82. The Hall–Kier alpha value is -1.71. The lowest BCUT2D eigenvalue weighted by Crippen LogP contribution is -2.36. The van der Waals surface area contributed by atoms with Crippen molar-refractivity contribution < 1.29 is 32.2 Å². The number of hydrogen-bond donors (Lipinski definition) is 0. The van der Waals surface area contributed by atoms with E-state index in [-0.39, 0.29) is 6.42 Å². The Balaban J connectivity index is 4.06. The van der Waals surface area contributed by atoms with E-state index in [1.807, 2.05) is 0 Å². The molecule has 0 fully saturated rings. The third kappa shape index (κ3) is 15.2. The van der Waals surface area contributed by atoms with Gasteiger partial charge in [0.2, 0.25) is 0 Å². The predicted octanol–water partition coefficient (Wildman–Crippen LogP) is 7.78. The molecule has 0 bridgehead atoms. The Bertz CT molecular complexity index is 627. The number of carbonyl (C=O) groups excluding carboxylic acids is 2. The van der Waals surface area contributed by atoms with Crippen LogP contribution < -0.4 is 0 Å². The molecule has 0 aliphatic rings. The van der Waals surface area contributed by atoms with Gasteiger partial charge in [0, 0.05) is 5.92 Å². The molecule has 0 rings (SSSR count). The summed E-state index contributed by atoms with van der Waals surface area (Å²) in [5.74, 6) is -4.55. The zero-order chi connectivity index (χ0) is 25.9. The summed E-state index contributed by atoms with van der Waals surface area (Å²) in [6.45, 7) is 6.16. The summed E-state index contributed by atoms with van der Waals surface area (Å²) in [5, 5.41) is 0. The largest absolute Gasteiger partial charge is 0.465 e. The van der Waals surface area contributed by atoms with Crippen LogP contribution in [0.25, 0.3) is 0 Å². The van der Waals surface area contributed by atoms with Crippen LogP contribution in [-0.4, -0.2) is 31.1 Å². The van der Waals surface area contributed by atoms with Gasteiger partial charge in [-0.05, 0) is 26.2 Å². The highest BCUT2D eigenvalue weighted by atomic mass is 19.3. The van der Waals surface area contributed by atoms with Crippen LogP contribution in [0.3, 0.4) is 0 Å². The first-order chi connectivity index (χ1) is 16.1. The molecule has 0 N–H and O–H groups in total. The van der Waals surface area contributed by atoms with Gasteiger partial charge in [-0.25, -0.2) is 0 Å². The SMILES string of the molecule is CCCCCCCCCCCCCCOC(=O)C(C)CC(C)(CC)C(=O)OCC(F)(F)C#CF. The Morgan fingerprint density at radius 2 is 1.35 bits per heavy atom. The van der Waals surface area contributed by atoms with Crippen LogP contribution in [0, 0.1) is 23.4 Å². The first-order valence-corrected chi connectivity index (χ1v) is 13.0. The minimum atomic E-state index is -3.75. The summed E-state index contributed by atoms with van der Waals surface area (Å²) in [6.07, 6.45) is 15.7. The molecule has 0 saturated heterocycles. The molecule has 0 aromatic heterocycles. The molecule has 0 amide bonds. The number of halogens is 3. The molecule has 0 heterocycles. The maximum atomic E-state index is 13.3. The van der Waals surface area contributed by atoms with Gasteiger partial charge >= 0.3 is 17.9 Å². The first kappa shape index (κ1) is 32.3. The molecule has 0 saturated carbocycles. The number of esters is 2. The Kier molecular flexibility index (Phi) is 17.7. The average molecular weight is 491 g/mol. The van der Waals surface area contributed by atoms with Gasteiger partial charge in [-0.3, -0.25) is 9.59 Å². The third-order valence-electron chi connectivity index (χ3n) is 6.29. The van der Waals surface area contributed by atoms with E-state index < -0.39 is 35.8 Å². The highest BCUT2D eigenvalue weighted by Gasteiger charge is 2.39. The van der Waals surface area contributed by atoms with Crippen molar-refractivity contribution in [2.75, 3.05) is 13.2 Å². The lowest BCUT2D eigenvalue weighted by Gasteiger charge is -2.28. The van der Waals surface area contributed by atoms with Crippen LogP contribution in [0.2, 0.25) is 0 Å². The van der Waals surface area contributed by atoms with E-state index >= 15 is 0 Å². The number of rotatable bonds is 20. The molecule has 0 aromatic rings. The summed E-state index contributed by atoms with van der Waals surface area (Å²) >= 11 is 0. The number of hydrogen-bond acceptors (Lipinski definition) is 4. The fraction of sp³-hybridized carbons (Fsp3) is 0.852. The fourth-order valence-electron chi connectivity index (χ4n) is 3.82. The molecule has 34 heavy (non-hydrogen) atoms. The maximum absolute atomic E-state index is 13.3. The van der Waals surface area contributed by atoms with Crippen LogP contribution in [0.15, 0.2) is 0 Å². The zero-order valence-corrected chi connectivity index (χ0v) is 21.7. The summed E-state index contributed by atoms with van der Waals surface area (Å²) in [5.41, 5.74) is -1.13. The number of carbonyl (C=O) groups is 2. The van der Waals surface area contributed by atoms with Gasteiger partial charge in [-0.1, -0.05) is 91.4 Å². The van der Waals surface area contributed by atoms with Crippen molar-refractivity contribution in [3.63, 3.8) is 0 Å². The number of unbranched alkanes of at least 4 members (excludes halogenated alkanes) is 11. The summed E-state index contributed by atoms with van der Waals surface area (Å²) in [6, 6.07) is 0. The lowest BCUT2D eigenvalue weighted by atomic mass is 9.79. The summed E-state index contributed by atoms with van der Waals surface area (Å²) in [4.78, 5) is 24.6. The second-order valence-corrected chi connectivity index (χ2v) is 9.58. The molecule has 0 radical (unpaired) electrons. The standard InChI is InChI=1S/C27H45F3O4/c1-5-7-8-9-10-11-12-13-14-15-16-17-20-33-24(31)23(3)21-26(4,6-2)25(32)34-22-27(29,30)18-19-28/h23H,5-17,20-22H2,1-4H3. The monoisotopic (exact) mass is 490 g/mol. The molecule has 2 atom stereocenters. The summed E-state index contributed by atoms with van der Waals surface area (Å²) < 4.78 is 48.3. The van der Waals surface area contributed by atoms with E-state index in [0.29, 0.717) is 19.2 Å². The van der Waals surface area contributed by atoms with Gasteiger partial charge in [0.25, 0.3) is 0 Å². The Morgan fingerprint density at radius 3 is 1.82 bits per heavy atom. The minimum Gasteiger partial charge on any atom is -0.465 e. The molecule has 0 aliphatic carbocycles. The normalized spacial score (nSPS) is 14.0. The van der Waals surface area contributed by atoms with Crippen molar-refractivity contribution in [3.8, 4) is 12.1 Å². The molecule has 0 aromatic carbocycles. The van der Waals surface area contributed by atoms with Gasteiger partial charge in [0.15, 0.2) is 6.61 Å². The van der Waals surface area contributed by atoms with Crippen molar-refractivity contribution in [3.05, 3.63) is 0 Å². The van der Waals surface area contributed by atoms with Crippen LogP contribution in [0.4, 0.5) is 13.2 Å². The minimum absolute atomic E-state index is 0.111. The van der Waals surface area contributed by atoms with Crippen LogP contribution >= 0.6 is 0 Å². The Morgan fingerprint density at radius 1 is 0.853 bits per heavy atom. The smallest absolute Gasteiger partial charge is 0.343 e. The number of alkyl halides is 2. The topological polar surface area (TPSA) is 52.6 Å². The predicted molar refractivity (Wildman–Crippen MR) is 129 cm³/mol. The number of ether oxygens (including phenoxy) is 2. The van der Waals surface area contributed by atoms with Crippen molar-refractivity contribution in [1.29, 1.82) is 0 Å². The van der Waals surface area contributed by atoms with Gasteiger partial charge < -0.3 is 9.47 Å². The van der Waals surface area contributed by atoms with Crippen molar-refractivity contribution >= 4 is 11.9 Å². The molecule has 4 nitrogen and oxygen atoms in total. The lowest BCUT2D eigenvalue weighted by molar-refractivity contribution is -0.164. The molecule has 7 heteroatoms. The van der Waals surface area contributed by atoms with Crippen LogP contribution in [0.1, 0.15) is 118 Å². The van der Waals surface area contributed by atoms with Gasteiger partial charge in [-0.15, -0.1) is 4.39 Å². The summed E-state index contributed by atoms with van der Waals surface area (Å²) in [7, 11) is 0. The first-order valence-electron chi connectivity index (χ1n) is 13.0. The Labute approximate surface area is 204 Å². The van der Waals surface area contributed by atoms with E-state index in [0.717, 1.165) is 25.2 Å². The van der Waals surface area contributed by atoms with E-state index in [1.54, 1.807) is 20.8 Å². The third-order valence-corrected chi connectivity index (χ3v) is 6.29. The van der Waals surface area contributed by atoms with E-state index in [1.165, 1.54) is 57.8 Å². The van der Waals surface area contributed by atoms with Crippen LogP contribution in [0.5, 0.6) is 0 Å². The molecular formula is C27H45F3O4. The van der Waals surface area contributed by atoms with Gasteiger partial charge in [0.1, 0.15) is 6.17 Å². The highest BCUT2D eigenvalue weighted by Crippen LogP contribution is 2.32. The average Bonchev–Trinajstić information content (AvgIpc) is 2.80. The second kappa shape index (κ2) is 18.6. The highest BCUT2D eigenvalue weighted by molar-refractivity contribution is 5.78. The molecule has 0 aliphatic heterocycles. The van der Waals surface area contributed by atoms with Gasteiger partial charge in [-0.2, -0.15) is 8.78 Å². The molecular weight excluding hydrogens is 445 g/mol. The van der Waals surface area contributed by atoms with Crippen molar-refractivity contribution in [1.82, 2.24) is 0 Å². The molecule has 198 valence electrons. The quantitative estimate of drug-likeness (QED) is 0.0993.